The summed E-state index contributed by atoms with van der Waals surface area (Å²) in [7, 11) is 2.80. The summed E-state index contributed by atoms with van der Waals surface area (Å²) in [5.41, 5.74) is 0.369. The van der Waals surface area contributed by atoms with Crippen LogP contribution in [0.25, 0.3) is 0 Å². The standard InChI is InChI=1S/C17H25NO6/c1-22-16-8-12(17(21)23-2)5-6-15(16)24-11-14(20)10-18-7-3-4-13(19)9-18/h5-6,8,13-14,19-20H,3-4,7,9-11H2,1-2H3/p+1/t13-,14+/m0/s1. The summed E-state index contributed by atoms with van der Waals surface area (Å²) in [5, 5.41) is 19.8. The monoisotopic (exact) mass is 340 g/mol. The number of quaternary nitrogens is 1. The first kappa shape index (κ1) is 18.5. The van der Waals surface area contributed by atoms with Gasteiger partial charge in [-0.2, -0.15) is 0 Å². The van der Waals surface area contributed by atoms with Crippen molar-refractivity contribution < 1.29 is 34.1 Å². The summed E-state index contributed by atoms with van der Waals surface area (Å²) >= 11 is 0. The van der Waals surface area contributed by atoms with Crippen LogP contribution >= 0.6 is 0 Å². The van der Waals surface area contributed by atoms with Crippen molar-refractivity contribution in [1.82, 2.24) is 0 Å². The molecule has 2 rings (SSSR count). The summed E-state index contributed by atoms with van der Waals surface area (Å²) in [6.45, 7) is 2.26. The van der Waals surface area contributed by atoms with Crippen molar-refractivity contribution in [2.24, 2.45) is 0 Å². The van der Waals surface area contributed by atoms with Crippen LogP contribution in [0, 0.1) is 0 Å². The number of nitrogens with one attached hydrogen (secondary N) is 1. The van der Waals surface area contributed by atoms with E-state index >= 15 is 0 Å². The Kier molecular flexibility index (Phi) is 6.84. The van der Waals surface area contributed by atoms with E-state index in [0.717, 1.165) is 19.4 Å². The minimum absolute atomic E-state index is 0.119. The zero-order valence-electron chi connectivity index (χ0n) is 14.2. The van der Waals surface area contributed by atoms with Crippen LogP contribution in [-0.4, -0.2) is 68.9 Å². The van der Waals surface area contributed by atoms with Crippen LogP contribution in [0.1, 0.15) is 23.2 Å². The summed E-state index contributed by atoms with van der Waals surface area (Å²) in [6.07, 6.45) is 0.871. The van der Waals surface area contributed by atoms with E-state index in [1.165, 1.54) is 19.1 Å². The largest absolute Gasteiger partial charge is 0.493 e. The fourth-order valence-electron chi connectivity index (χ4n) is 2.92. The van der Waals surface area contributed by atoms with Gasteiger partial charge in [0.25, 0.3) is 0 Å². The molecule has 1 unspecified atom stereocenters. The first-order chi connectivity index (χ1) is 11.5. The molecule has 1 fully saturated rings. The number of piperidine rings is 1. The van der Waals surface area contributed by atoms with Crippen molar-refractivity contribution in [3.05, 3.63) is 23.8 Å². The molecular formula is C17H26NO6+. The Morgan fingerprint density at radius 3 is 2.83 bits per heavy atom. The minimum atomic E-state index is -0.643. The number of benzene rings is 1. The summed E-state index contributed by atoms with van der Waals surface area (Å²) in [4.78, 5) is 12.7. The number of aliphatic hydroxyl groups excluding tert-OH is 2. The van der Waals surface area contributed by atoms with Gasteiger partial charge in [-0.25, -0.2) is 4.79 Å². The van der Waals surface area contributed by atoms with E-state index < -0.39 is 12.1 Å². The van der Waals surface area contributed by atoms with Gasteiger partial charge in [-0.05, 0) is 31.0 Å². The highest BCUT2D eigenvalue weighted by molar-refractivity contribution is 5.90. The normalized spacial score (nSPS) is 21.8. The molecule has 0 aromatic heterocycles. The van der Waals surface area contributed by atoms with Gasteiger partial charge in [-0.15, -0.1) is 0 Å². The lowest BCUT2D eigenvalue weighted by Gasteiger charge is -2.28. The van der Waals surface area contributed by atoms with E-state index in [1.807, 2.05) is 0 Å². The summed E-state index contributed by atoms with van der Waals surface area (Å²) in [5.74, 6) is 0.413. The Balaban J connectivity index is 1.89. The number of likely N-dealkylation sites (tertiary alicyclic amines) is 1. The number of hydrogen-bond acceptors (Lipinski definition) is 6. The van der Waals surface area contributed by atoms with E-state index in [4.69, 9.17) is 9.47 Å². The van der Waals surface area contributed by atoms with Gasteiger partial charge in [0.2, 0.25) is 0 Å². The van der Waals surface area contributed by atoms with Crippen LogP contribution in [0.5, 0.6) is 11.5 Å². The van der Waals surface area contributed by atoms with Crippen LogP contribution < -0.4 is 14.4 Å². The number of hydrogen-bond donors (Lipinski definition) is 3. The predicted octanol–water partition coefficient (Wildman–Crippen LogP) is -0.739. The molecule has 0 saturated carbocycles. The first-order valence-corrected chi connectivity index (χ1v) is 8.12. The van der Waals surface area contributed by atoms with Crippen LogP contribution in [0.2, 0.25) is 0 Å². The van der Waals surface area contributed by atoms with Gasteiger partial charge in [-0.3, -0.25) is 0 Å². The molecule has 1 aliphatic heterocycles. The van der Waals surface area contributed by atoms with Crippen LogP contribution in [-0.2, 0) is 4.74 Å². The second-order valence-electron chi connectivity index (χ2n) is 6.03. The molecule has 134 valence electrons. The number of aliphatic hydroxyl groups is 2. The smallest absolute Gasteiger partial charge is 0.337 e. The molecular weight excluding hydrogens is 314 g/mol. The van der Waals surface area contributed by atoms with Gasteiger partial charge in [0.05, 0.1) is 26.3 Å². The molecule has 1 heterocycles. The third-order valence-corrected chi connectivity index (χ3v) is 4.13. The average molecular weight is 340 g/mol. The molecule has 1 aromatic carbocycles. The van der Waals surface area contributed by atoms with Crippen molar-refractivity contribution >= 4 is 5.97 Å². The van der Waals surface area contributed by atoms with Crippen LogP contribution in [0.3, 0.4) is 0 Å². The van der Waals surface area contributed by atoms with E-state index in [-0.39, 0.29) is 12.7 Å². The van der Waals surface area contributed by atoms with Gasteiger partial charge in [-0.1, -0.05) is 0 Å². The van der Waals surface area contributed by atoms with Gasteiger partial charge in [0, 0.05) is 0 Å². The van der Waals surface area contributed by atoms with Crippen LogP contribution in [0.4, 0.5) is 0 Å². The number of esters is 1. The highest BCUT2D eigenvalue weighted by Crippen LogP contribution is 2.28. The quantitative estimate of drug-likeness (QED) is 0.567. The Hall–Kier alpha value is -1.83. The van der Waals surface area contributed by atoms with Gasteiger partial charge < -0.3 is 29.3 Å². The molecule has 1 saturated heterocycles. The SMILES string of the molecule is COC(=O)c1ccc(OC[C@H](O)C[NH+]2CCC[C@H](O)C2)c(OC)c1. The highest BCUT2D eigenvalue weighted by atomic mass is 16.5. The Bertz CT molecular complexity index is 550. The lowest BCUT2D eigenvalue weighted by Crippen LogP contribution is -3.15. The van der Waals surface area contributed by atoms with Gasteiger partial charge in [0.15, 0.2) is 11.5 Å². The van der Waals surface area contributed by atoms with Crippen molar-refractivity contribution in [3.8, 4) is 11.5 Å². The van der Waals surface area contributed by atoms with Crippen molar-refractivity contribution in [2.45, 2.75) is 25.0 Å². The third-order valence-electron chi connectivity index (χ3n) is 4.13. The van der Waals surface area contributed by atoms with Gasteiger partial charge in [0.1, 0.15) is 31.9 Å². The first-order valence-electron chi connectivity index (χ1n) is 8.12. The van der Waals surface area contributed by atoms with E-state index in [1.54, 1.807) is 18.2 Å². The molecule has 0 bridgehead atoms. The number of carbonyl (C=O) groups excluding carboxylic acids is 1. The zero-order chi connectivity index (χ0) is 17.5. The van der Waals surface area contributed by atoms with Crippen molar-refractivity contribution in [2.75, 3.05) is 40.5 Å². The Morgan fingerprint density at radius 2 is 2.17 bits per heavy atom. The summed E-state index contributed by atoms with van der Waals surface area (Å²) in [6, 6.07) is 4.75. The number of methoxy groups -OCH3 is 2. The number of carbonyl (C=O) groups is 1. The maximum Gasteiger partial charge on any atom is 0.337 e. The zero-order valence-corrected chi connectivity index (χ0v) is 14.2. The molecule has 1 aliphatic rings. The summed E-state index contributed by atoms with van der Waals surface area (Å²) < 4.78 is 15.5. The van der Waals surface area contributed by atoms with Crippen molar-refractivity contribution in [3.63, 3.8) is 0 Å². The molecule has 1 aromatic rings. The lowest BCUT2D eigenvalue weighted by molar-refractivity contribution is -0.911. The Labute approximate surface area is 141 Å². The number of ether oxygens (including phenoxy) is 3. The maximum absolute atomic E-state index is 11.5. The van der Waals surface area contributed by atoms with E-state index in [0.29, 0.717) is 30.2 Å². The molecule has 0 radical (unpaired) electrons. The lowest BCUT2D eigenvalue weighted by atomic mass is 10.1. The second-order valence-corrected chi connectivity index (χ2v) is 6.03. The predicted molar refractivity (Wildman–Crippen MR) is 86.6 cm³/mol. The second kappa shape index (κ2) is 8.86. The molecule has 7 nitrogen and oxygen atoms in total. The maximum atomic E-state index is 11.5. The molecule has 3 N–H and O–H groups in total. The molecule has 7 heteroatoms. The topological polar surface area (TPSA) is 89.7 Å². The fourth-order valence-corrected chi connectivity index (χ4v) is 2.92. The average Bonchev–Trinajstić information content (AvgIpc) is 2.59. The third kappa shape index (κ3) is 5.09. The fraction of sp³-hybridized carbons (Fsp3) is 0.588. The van der Waals surface area contributed by atoms with Crippen LogP contribution in [0.15, 0.2) is 18.2 Å². The molecule has 3 atom stereocenters. The minimum Gasteiger partial charge on any atom is -0.493 e. The van der Waals surface area contributed by atoms with E-state index in [9.17, 15) is 15.0 Å². The molecule has 0 aliphatic carbocycles. The van der Waals surface area contributed by atoms with Crippen molar-refractivity contribution in [1.29, 1.82) is 0 Å². The highest BCUT2D eigenvalue weighted by Gasteiger charge is 2.24. The molecule has 24 heavy (non-hydrogen) atoms. The molecule has 0 amide bonds. The number of rotatable bonds is 7. The van der Waals surface area contributed by atoms with Gasteiger partial charge >= 0.3 is 5.97 Å². The molecule has 0 spiro atoms. The Morgan fingerprint density at radius 1 is 1.38 bits per heavy atom. The van der Waals surface area contributed by atoms with E-state index in [2.05, 4.69) is 4.74 Å².